The Balaban J connectivity index is 2.16. The van der Waals surface area contributed by atoms with Crippen LogP contribution in [0.3, 0.4) is 0 Å². The molecule has 22 heavy (non-hydrogen) atoms. The molecule has 4 nitrogen and oxygen atoms in total. The standard InChI is InChI=1S/C17H19NO3S/c1-17(2,3)12-7-5-11(6-8-12)14(19)18-15-13(9-10-22-15)16(20)21-4/h5-10H,1-4H3,(H,18,19). The van der Waals surface area contributed by atoms with Crippen LogP contribution in [-0.2, 0) is 10.2 Å². The van der Waals surface area contributed by atoms with Gasteiger partial charge in [0.15, 0.2) is 0 Å². The zero-order valence-corrected chi connectivity index (χ0v) is 13.9. The van der Waals surface area contributed by atoms with E-state index in [0.717, 1.165) is 5.56 Å². The average Bonchev–Trinajstić information content (AvgIpc) is 2.93. The molecule has 0 unspecified atom stereocenters. The lowest BCUT2D eigenvalue weighted by Crippen LogP contribution is -2.15. The van der Waals surface area contributed by atoms with Gasteiger partial charge in [-0.05, 0) is 34.6 Å². The molecule has 0 aliphatic carbocycles. The number of hydrogen-bond acceptors (Lipinski definition) is 4. The number of benzene rings is 1. The molecule has 1 aromatic heterocycles. The van der Waals surface area contributed by atoms with Gasteiger partial charge in [0.1, 0.15) is 5.00 Å². The first kappa shape index (κ1) is 16.2. The maximum absolute atomic E-state index is 12.3. The predicted molar refractivity (Wildman–Crippen MR) is 88.8 cm³/mol. The highest BCUT2D eigenvalue weighted by molar-refractivity contribution is 7.14. The fourth-order valence-corrected chi connectivity index (χ4v) is 2.74. The Hall–Kier alpha value is -2.14. The van der Waals surface area contributed by atoms with E-state index < -0.39 is 5.97 Å². The van der Waals surface area contributed by atoms with Crippen molar-refractivity contribution in [3.05, 3.63) is 52.4 Å². The number of ether oxygens (including phenoxy) is 1. The number of methoxy groups -OCH3 is 1. The molecular formula is C17H19NO3S. The molecule has 1 aromatic carbocycles. The van der Waals surface area contributed by atoms with Gasteiger partial charge in [-0.15, -0.1) is 11.3 Å². The molecule has 2 rings (SSSR count). The summed E-state index contributed by atoms with van der Waals surface area (Å²) in [6.07, 6.45) is 0. The third-order valence-electron chi connectivity index (χ3n) is 3.31. The van der Waals surface area contributed by atoms with Gasteiger partial charge in [0.05, 0.1) is 12.7 Å². The lowest BCUT2D eigenvalue weighted by molar-refractivity contribution is 0.0602. The molecule has 2 aromatic rings. The van der Waals surface area contributed by atoms with Crippen LogP contribution in [0.25, 0.3) is 0 Å². The van der Waals surface area contributed by atoms with Crippen molar-refractivity contribution in [1.29, 1.82) is 0 Å². The van der Waals surface area contributed by atoms with E-state index in [1.807, 2.05) is 12.1 Å². The summed E-state index contributed by atoms with van der Waals surface area (Å²) in [6.45, 7) is 6.36. The van der Waals surface area contributed by atoms with Gasteiger partial charge in [-0.2, -0.15) is 0 Å². The number of carbonyl (C=O) groups is 2. The topological polar surface area (TPSA) is 55.4 Å². The highest BCUT2D eigenvalue weighted by Crippen LogP contribution is 2.25. The molecule has 116 valence electrons. The molecule has 0 atom stereocenters. The number of esters is 1. The monoisotopic (exact) mass is 317 g/mol. The summed E-state index contributed by atoms with van der Waals surface area (Å²) in [5.74, 6) is -0.701. The zero-order valence-electron chi connectivity index (χ0n) is 13.1. The Morgan fingerprint density at radius 2 is 1.73 bits per heavy atom. The van der Waals surface area contributed by atoms with E-state index >= 15 is 0 Å². The lowest BCUT2D eigenvalue weighted by atomic mass is 9.87. The highest BCUT2D eigenvalue weighted by atomic mass is 32.1. The molecule has 1 amide bonds. The van der Waals surface area contributed by atoms with E-state index in [9.17, 15) is 9.59 Å². The maximum atomic E-state index is 12.3. The Morgan fingerprint density at radius 1 is 1.09 bits per heavy atom. The quantitative estimate of drug-likeness (QED) is 0.868. The van der Waals surface area contributed by atoms with Crippen LogP contribution in [0.1, 0.15) is 47.1 Å². The van der Waals surface area contributed by atoms with Crippen LogP contribution in [0.2, 0.25) is 0 Å². The van der Waals surface area contributed by atoms with Crippen molar-refractivity contribution in [3.8, 4) is 0 Å². The molecule has 0 aliphatic heterocycles. The fourth-order valence-electron chi connectivity index (χ4n) is 1.97. The van der Waals surface area contributed by atoms with E-state index in [0.29, 0.717) is 16.1 Å². The van der Waals surface area contributed by atoms with E-state index in [1.54, 1.807) is 23.6 Å². The number of nitrogens with one attached hydrogen (secondary N) is 1. The van der Waals surface area contributed by atoms with E-state index in [2.05, 4.69) is 26.1 Å². The predicted octanol–water partition coefficient (Wildman–Crippen LogP) is 4.08. The summed E-state index contributed by atoms with van der Waals surface area (Å²) >= 11 is 1.29. The van der Waals surface area contributed by atoms with Crippen molar-refractivity contribution < 1.29 is 14.3 Å². The van der Waals surface area contributed by atoms with Crippen LogP contribution in [0.5, 0.6) is 0 Å². The molecule has 1 heterocycles. The molecule has 0 aliphatic rings. The first-order valence-electron chi connectivity index (χ1n) is 6.90. The molecule has 0 saturated heterocycles. The normalized spacial score (nSPS) is 11.1. The van der Waals surface area contributed by atoms with Crippen LogP contribution in [0, 0.1) is 0 Å². The van der Waals surface area contributed by atoms with Crippen LogP contribution >= 0.6 is 11.3 Å². The van der Waals surface area contributed by atoms with E-state index in [1.165, 1.54) is 18.4 Å². The second kappa shape index (κ2) is 6.32. The van der Waals surface area contributed by atoms with Crippen LogP contribution in [0.15, 0.2) is 35.7 Å². The Morgan fingerprint density at radius 3 is 2.27 bits per heavy atom. The van der Waals surface area contributed by atoms with Gasteiger partial charge in [-0.3, -0.25) is 4.79 Å². The summed E-state index contributed by atoms with van der Waals surface area (Å²) in [5, 5.41) is 5.00. The second-order valence-corrected chi connectivity index (χ2v) is 6.85. The Kier molecular flexibility index (Phi) is 4.66. The number of thiophene rings is 1. The largest absolute Gasteiger partial charge is 0.465 e. The Labute approximate surface area is 134 Å². The first-order chi connectivity index (χ1) is 10.3. The SMILES string of the molecule is COC(=O)c1ccsc1NC(=O)c1ccc(C(C)(C)C)cc1. The van der Waals surface area contributed by atoms with Gasteiger partial charge in [0.2, 0.25) is 0 Å². The number of anilines is 1. The minimum atomic E-state index is -0.459. The van der Waals surface area contributed by atoms with Crippen molar-refractivity contribution in [2.24, 2.45) is 0 Å². The smallest absolute Gasteiger partial charge is 0.340 e. The number of hydrogen-bond donors (Lipinski definition) is 1. The average molecular weight is 317 g/mol. The molecular weight excluding hydrogens is 298 g/mol. The summed E-state index contributed by atoms with van der Waals surface area (Å²) < 4.78 is 4.69. The Bertz CT molecular complexity index is 681. The van der Waals surface area contributed by atoms with Gasteiger partial charge in [0.25, 0.3) is 5.91 Å². The minimum absolute atomic E-state index is 0.0425. The van der Waals surface area contributed by atoms with Crippen LogP contribution < -0.4 is 5.32 Å². The van der Waals surface area contributed by atoms with Crippen molar-refractivity contribution in [2.45, 2.75) is 26.2 Å². The maximum Gasteiger partial charge on any atom is 0.340 e. The summed E-state index contributed by atoms with van der Waals surface area (Å²) in [4.78, 5) is 23.9. The molecule has 5 heteroatoms. The van der Waals surface area contributed by atoms with E-state index in [-0.39, 0.29) is 11.3 Å². The second-order valence-electron chi connectivity index (χ2n) is 5.94. The van der Waals surface area contributed by atoms with Gasteiger partial charge < -0.3 is 10.1 Å². The number of carbonyl (C=O) groups excluding carboxylic acids is 2. The van der Waals surface area contributed by atoms with Gasteiger partial charge in [0, 0.05) is 5.56 Å². The molecule has 0 bridgehead atoms. The lowest BCUT2D eigenvalue weighted by Gasteiger charge is -2.19. The molecule has 0 spiro atoms. The third-order valence-corrected chi connectivity index (χ3v) is 4.14. The van der Waals surface area contributed by atoms with Gasteiger partial charge >= 0.3 is 5.97 Å². The van der Waals surface area contributed by atoms with Crippen molar-refractivity contribution >= 4 is 28.2 Å². The van der Waals surface area contributed by atoms with Crippen molar-refractivity contribution in [3.63, 3.8) is 0 Å². The number of rotatable bonds is 3. The molecule has 1 N–H and O–H groups in total. The molecule has 0 saturated carbocycles. The highest BCUT2D eigenvalue weighted by Gasteiger charge is 2.17. The summed E-state index contributed by atoms with van der Waals surface area (Å²) in [7, 11) is 1.32. The van der Waals surface area contributed by atoms with E-state index in [4.69, 9.17) is 4.74 Å². The minimum Gasteiger partial charge on any atom is -0.465 e. The van der Waals surface area contributed by atoms with Gasteiger partial charge in [-0.1, -0.05) is 32.9 Å². The number of amides is 1. The van der Waals surface area contributed by atoms with Crippen LogP contribution in [-0.4, -0.2) is 19.0 Å². The fraction of sp³-hybridized carbons (Fsp3) is 0.294. The van der Waals surface area contributed by atoms with Crippen molar-refractivity contribution in [2.75, 3.05) is 12.4 Å². The first-order valence-corrected chi connectivity index (χ1v) is 7.78. The third kappa shape index (κ3) is 3.54. The van der Waals surface area contributed by atoms with Crippen LogP contribution in [0.4, 0.5) is 5.00 Å². The van der Waals surface area contributed by atoms with Gasteiger partial charge in [-0.25, -0.2) is 4.79 Å². The summed E-state index contributed by atoms with van der Waals surface area (Å²) in [5.41, 5.74) is 2.13. The molecule has 0 fully saturated rings. The summed E-state index contributed by atoms with van der Waals surface area (Å²) in [6, 6.07) is 9.12. The van der Waals surface area contributed by atoms with Crippen molar-refractivity contribution in [1.82, 2.24) is 0 Å². The molecule has 0 radical (unpaired) electrons. The zero-order chi connectivity index (χ0) is 16.3.